The summed E-state index contributed by atoms with van der Waals surface area (Å²) < 4.78 is 2.21. The highest BCUT2D eigenvalue weighted by Crippen LogP contribution is 2.21. The van der Waals surface area contributed by atoms with Crippen LogP contribution in [0.4, 0.5) is 0 Å². The quantitative estimate of drug-likeness (QED) is 0.821. The lowest BCUT2D eigenvalue weighted by molar-refractivity contribution is 0.433. The zero-order valence-corrected chi connectivity index (χ0v) is 11.6. The number of nitrogens with one attached hydrogen (secondary N) is 1. The fourth-order valence-electron chi connectivity index (χ4n) is 2.54. The van der Waals surface area contributed by atoms with E-state index >= 15 is 0 Å². The van der Waals surface area contributed by atoms with E-state index < -0.39 is 0 Å². The molecule has 1 saturated carbocycles. The first kappa shape index (κ1) is 12.6. The second-order valence-corrected chi connectivity index (χ2v) is 5.31. The van der Waals surface area contributed by atoms with Gasteiger partial charge in [-0.3, -0.25) is 4.68 Å². The van der Waals surface area contributed by atoms with Crippen molar-refractivity contribution in [2.75, 3.05) is 6.54 Å². The molecule has 1 fully saturated rings. The summed E-state index contributed by atoms with van der Waals surface area (Å²) in [6, 6.07) is 1.31. The third kappa shape index (κ3) is 2.89. The van der Waals surface area contributed by atoms with E-state index in [2.05, 4.69) is 42.8 Å². The molecular weight excluding hydrogens is 210 g/mol. The van der Waals surface area contributed by atoms with Crippen molar-refractivity contribution < 1.29 is 0 Å². The second kappa shape index (κ2) is 5.21. The number of aromatic nitrogens is 2. The Kier molecular flexibility index (Phi) is 3.87. The Hall–Kier alpha value is -0.830. The van der Waals surface area contributed by atoms with Crippen LogP contribution in [0.25, 0.3) is 0 Å². The molecule has 0 aromatic carbocycles. The van der Waals surface area contributed by atoms with Crippen molar-refractivity contribution in [1.82, 2.24) is 15.1 Å². The van der Waals surface area contributed by atoms with E-state index in [0.29, 0.717) is 6.04 Å². The third-order valence-corrected chi connectivity index (χ3v) is 3.82. The normalized spacial score (nSPS) is 17.4. The Morgan fingerprint density at radius 2 is 2.12 bits per heavy atom. The molecule has 0 amide bonds. The molecule has 1 N–H and O–H groups in total. The van der Waals surface area contributed by atoms with Crippen LogP contribution in [-0.4, -0.2) is 22.4 Å². The molecule has 1 aromatic heterocycles. The molecule has 2 rings (SSSR count). The van der Waals surface area contributed by atoms with Crippen molar-refractivity contribution in [3.63, 3.8) is 0 Å². The predicted octanol–water partition coefficient (Wildman–Crippen LogP) is 2.77. The Morgan fingerprint density at radius 1 is 1.41 bits per heavy atom. The van der Waals surface area contributed by atoms with E-state index in [4.69, 9.17) is 0 Å². The summed E-state index contributed by atoms with van der Waals surface area (Å²) in [6.45, 7) is 9.92. The average Bonchev–Trinajstić information content (AvgIpc) is 3.05. The van der Waals surface area contributed by atoms with E-state index in [-0.39, 0.29) is 0 Å². The predicted molar refractivity (Wildman–Crippen MR) is 71.4 cm³/mol. The zero-order valence-electron chi connectivity index (χ0n) is 11.6. The fraction of sp³-hybridized carbons (Fsp3) is 0.786. The molecule has 3 nitrogen and oxygen atoms in total. The van der Waals surface area contributed by atoms with Gasteiger partial charge in [0.05, 0.1) is 11.7 Å². The van der Waals surface area contributed by atoms with Gasteiger partial charge in [0.15, 0.2) is 0 Å². The number of hydrogen-bond acceptors (Lipinski definition) is 2. The first-order valence-electron chi connectivity index (χ1n) is 6.91. The standard InChI is InChI=1S/C14H25N3/c1-5-14-11(3)16-17(12(14)4)10(2)8-9-15-13-6-7-13/h10,13,15H,5-9H2,1-4H3. The minimum atomic E-state index is 0.500. The van der Waals surface area contributed by atoms with E-state index in [9.17, 15) is 0 Å². The van der Waals surface area contributed by atoms with Crippen LogP contribution in [0.5, 0.6) is 0 Å². The van der Waals surface area contributed by atoms with E-state index in [1.54, 1.807) is 0 Å². The number of rotatable bonds is 6. The van der Waals surface area contributed by atoms with Gasteiger partial charge in [-0.15, -0.1) is 0 Å². The third-order valence-electron chi connectivity index (χ3n) is 3.82. The van der Waals surface area contributed by atoms with E-state index in [1.165, 1.54) is 36.2 Å². The smallest absolute Gasteiger partial charge is 0.0628 e. The second-order valence-electron chi connectivity index (χ2n) is 5.31. The number of aryl methyl sites for hydroxylation is 1. The van der Waals surface area contributed by atoms with Crippen molar-refractivity contribution in [3.05, 3.63) is 17.0 Å². The minimum Gasteiger partial charge on any atom is -0.314 e. The fourth-order valence-corrected chi connectivity index (χ4v) is 2.54. The first-order chi connectivity index (χ1) is 8.13. The van der Waals surface area contributed by atoms with Gasteiger partial charge < -0.3 is 5.32 Å². The molecule has 1 unspecified atom stereocenters. The summed E-state index contributed by atoms with van der Waals surface area (Å²) in [5.41, 5.74) is 3.97. The van der Waals surface area contributed by atoms with Crippen LogP contribution < -0.4 is 5.32 Å². The van der Waals surface area contributed by atoms with Crippen LogP contribution in [-0.2, 0) is 6.42 Å². The molecule has 0 bridgehead atoms. The van der Waals surface area contributed by atoms with E-state index in [0.717, 1.165) is 19.0 Å². The molecule has 1 atom stereocenters. The lowest BCUT2D eigenvalue weighted by atomic mass is 10.1. The van der Waals surface area contributed by atoms with Crippen LogP contribution >= 0.6 is 0 Å². The van der Waals surface area contributed by atoms with Gasteiger partial charge in [0, 0.05) is 11.7 Å². The van der Waals surface area contributed by atoms with Crippen LogP contribution in [0.1, 0.15) is 56.1 Å². The largest absolute Gasteiger partial charge is 0.314 e. The van der Waals surface area contributed by atoms with Gasteiger partial charge in [0.1, 0.15) is 0 Å². The highest BCUT2D eigenvalue weighted by Gasteiger charge is 2.20. The van der Waals surface area contributed by atoms with Crippen LogP contribution in [0.3, 0.4) is 0 Å². The summed E-state index contributed by atoms with van der Waals surface area (Å²) in [5.74, 6) is 0. The average molecular weight is 235 g/mol. The van der Waals surface area contributed by atoms with Crippen molar-refractivity contribution in [3.8, 4) is 0 Å². The molecule has 1 heterocycles. The highest BCUT2D eigenvalue weighted by molar-refractivity contribution is 5.24. The minimum absolute atomic E-state index is 0.500. The van der Waals surface area contributed by atoms with Crippen molar-refractivity contribution in [1.29, 1.82) is 0 Å². The Morgan fingerprint density at radius 3 is 2.65 bits per heavy atom. The molecule has 0 spiro atoms. The number of hydrogen-bond donors (Lipinski definition) is 1. The van der Waals surface area contributed by atoms with Crippen molar-refractivity contribution in [2.24, 2.45) is 0 Å². The monoisotopic (exact) mass is 235 g/mol. The molecule has 3 heteroatoms. The molecule has 0 saturated heterocycles. The summed E-state index contributed by atoms with van der Waals surface area (Å²) in [7, 11) is 0. The molecule has 17 heavy (non-hydrogen) atoms. The van der Waals surface area contributed by atoms with Gasteiger partial charge in [-0.25, -0.2) is 0 Å². The summed E-state index contributed by atoms with van der Waals surface area (Å²) in [4.78, 5) is 0. The maximum absolute atomic E-state index is 4.68. The topological polar surface area (TPSA) is 29.9 Å². The summed E-state index contributed by atoms with van der Waals surface area (Å²) in [6.07, 6.45) is 4.99. The first-order valence-corrected chi connectivity index (χ1v) is 6.91. The van der Waals surface area contributed by atoms with Gasteiger partial charge in [-0.2, -0.15) is 5.10 Å². The van der Waals surface area contributed by atoms with Crippen molar-refractivity contribution >= 4 is 0 Å². The van der Waals surface area contributed by atoms with Gasteiger partial charge in [0.25, 0.3) is 0 Å². The summed E-state index contributed by atoms with van der Waals surface area (Å²) in [5, 5.41) is 8.25. The van der Waals surface area contributed by atoms with E-state index in [1.807, 2.05) is 0 Å². The maximum atomic E-state index is 4.68. The lowest BCUT2D eigenvalue weighted by Crippen LogP contribution is -2.21. The van der Waals surface area contributed by atoms with Crippen LogP contribution in [0.2, 0.25) is 0 Å². The van der Waals surface area contributed by atoms with Crippen LogP contribution in [0, 0.1) is 13.8 Å². The maximum Gasteiger partial charge on any atom is 0.0628 e. The SMILES string of the molecule is CCc1c(C)nn(C(C)CCNC2CC2)c1C. The van der Waals surface area contributed by atoms with Crippen LogP contribution in [0.15, 0.2) is 0 Å². The summed E-state index contributed by atoms with van der Waals surface area (Å²) >= 11 is 0. The lowest BCUT2D eigenvalue weighted by Gasteiger charge is -2.15. The molecular formula is C14H25N3. The number of nitrogens with zero attached hydrogens (tertiary/aromatic N) is 2. The Bertz CT molecular complexity index is 377. The zero-order chi connectivity index (χ0) is 12.4. The molecule has 96 valence electrons. The molecule has 0 aliphatic heterocycles. The molecule has 0 radical (unpaired) electrons. The van der Waals surface area contributed by atoms with Crippen molar-refractivity contribution in [2.45, 2.75) is 65.5 Å². The van der Waals surface area contributed by atoms with Gasteiger partial charge in [0.2, 0.25) is 0 Å². The Labute approximate surface area is 105 Å². The van der Waals surface area contributed by atoms with Gasteiger partial charge >= 0.3 is 0 Å². The molecule has 1 aliphatic rings. The highest BCUT2D eigenvalue weighted by atomic mass is 15.3. The molecule has 1 aliphatic carbocycles. The molecule has 1 aromatic rings. The Balaban J connectivity index is 1.94. The van der Waals surface area contributed by atoms with Gasteiger partial charge in [-0.1, -0.05) is 6.92 Å². The van der Waals surface area contributed by atoms with Gasteiger partial charge in [-0.05, 0) is 58.6 Å².